The number of rotatable bonds is 5. The number of benzene rings is 1. The van der Waals surface area contributed by atoms with E-state index in [4.69, 9.17) is 9.84 Å². The summed E-state index contributed by atoms with van der Waals surface area (Å²) >= 11 is 0. The lowest BCUT2D eigenvalue weighted by Crippen LogP contribution is -2.35. The average Bonchev–Trinajstić information content (AvgIpc) is 2.72. The van der Waals surface area contributed by atoms with Gasteiger partial charge < -0.3 is 19.8 Å². The molecule has 1 atom stereocenters. The number of carboxylic acids is 1. The van der Waals surface area contributed by atoms with Crippen molar-refractivity contribution in [1.82, 2.24) is 4.90 Å². The predicted molar refractivity (Wildman–Crippen MR) is 75.4 cm³/mol. The number of aliphatic carboxylic acids is 1. The maximum Gasteiger partial charge on any atom is 0.323 e. The molecule has 0 unspecified atom stereocenters. The highest BCUT2D eigenvalue weighted by atomic mass is 16.5. The van der Waals surface area contributed by atoms with Crippen LogP contribution in [0.25, 0.3) is 0 Å². The van der Waals surface area contributed by atoms with E-state index in [0.717, 1.165) is 4.90 Å². The van der Waals surface area contributed by atoms with Gasteiger partial charge >= 0.3 is 5.97 Å². The Bertz CT molecular complexity index is 661. The van der Waals surface area contributed by atoms with Crippen LogP contribution in [0.2, 0.25) is 0 Å². The highest BCUT2D eigenvalue weighted by Gasteiger charge is 2.43. The largest absolute Gasteiger partial charge is 0.503 e. The molecule has 0 aliphatic carbocycles. The SMILES string of the molecule is COc1ccc([C@H]2C(C(C)=O)=C(O)C(=O)N2CC(=O)O)cc1. The van der Waals surface area contributed by atoms with Crippen molar-refractivity contribution in [3.8, 4) is 5.75 Å². The standard InChI is InChI=1S/C15H15NO6/c1-8(17)12-13(9-3-5-10(22-2)6-4-9)16(7-11(18)19)15(21)14(12)20/h3-6,13,20H,7H2,1-2H3,(H,18,19)/t13-/m0/s1. The molecular weight excluding hydrogens is 290 g/mol. The fraction of sp³-hybridized carbons (Fsp3) is 0.267. The molecule has 0 saturated heterocycles. The van der Waals surface area contributed by atoms with Crippen molar-refractivity contribution in [2.45, 2.75) is 13.0 Å². The van der Waals surface area contributed by atoms with Gasteiger partial charge in [0.1, 0.15) is 12.3 Å². The molecule has 7 heteroatoms. The Kier molecular flexibility index (Phi) is 4.16. The molecule has 0 spiro atoms. The van der Waals surface area contributed by atoms with Crippen LogP contribution in [0.5, 0.6) is 5.75 Å². The van der Waals surface area contributed by atoms with Gasteiger partial charge in [0, 0.05) is 0 Å². The number of nitrogens with zero attached hydrogens (tertiary/aromatic N) is 1. The maximum absolute atomic E-state index is 12.0. The number of carbonyl (C=O) groups is 3. The lowest BCUT2D eigenvalue weighted by Gasteiger charge is -2.25. The highest BCUT2D eigenvalue weighted by molar-refractivity contribution is 6.08. The summed E-state index contributed by atoms with van der Waals surface area (Å²) in [5.41, 5.74) is 0.418. The topological polar surface area (TPSA) is 104 Å². The number of carboxylic acid groups (broad SMARTS) is 1. The molecule has 7 nitrogen and oxygen atoms in total. The van der Waals surface area contributed by atoms with Crippen molar-refractivity contribution in [2.24, 2.45) is 0 Å². The molecule has 2 N–H and O–H groups in total. The quantitative estimate of drug-likeness (QED) is 0.843. The number of hydrogen-bond acceptors (Lipinski definition) is 5. The minimum Gasteiger partial charge on any atom is -0.503 e. The normalized spacial score (nSPS) is 17.8. The molecule has 1 amide bonds. The fourth-order valence-corrected chi connectivity index (χ4v) is 2.45. The summed E-state index contributed by atoms with van der Waals surface area (Å²) in [6, 6.07) is 5.57. The van der Waals surface area contributed by atoms with E-state index < -0.39 is 36.0 Å². The molecule has 1 heterocycles. The lowest BCUT2D eigenvalue weighted by atomic mass is 9.96. The molecule has 1 aromatic carbocycles. The van der Waals surface area contributed by atoms with Crippen LogP contribution in [0.1, 0.15) is 18.5 Å². The number of amides is 1. The van der Waals surface area contributed by atoms with Gasteiger partial charge in [-0.05, 0) is 24.6 Å². The van der Waals surface area contributed by atoms with Crippen LogP contribution in [-0.4, -0.2) is 46.4 Å². The van der Waals surface area contributed by atoms with Crippen LogP contribution in [0.15, 0.2) is 35.6 Å². The van der Waals surface area contributed by atoms with Crippen molar-refractivity contribution < 1.29 is 29.3 Å². The molecule has 0 bridgehead atoms. The van der Waals surface area contributed by atoms with Crippen LogP contribution in [0.3, 0.4) is 0 Å². The van der Waals surface area contributed by atoms with Crippen molar-refractivity contribution in [2.75, 3.05) is 13.7 Å². The number of ether oxygens (including phenoxy) is 1. The Balaban J connectivity index is 2.50. The fourth-order valence-electron chi connectivity index (χ4n) is 2.45. The number of Topliss-reactive ketones (excluding diaryl/α,β-unsaturated/α-hetero) is 1. The van der Waals surface area contributed by atoms with E-state index in [2.05, 4.69) is 0 Å². The Hall–Kier alpha value is -2.83. The molecule has 0 saturated carbocycles. The molecule has 1 aliphatic heterocycles. The summed E-state index contributed by atoms with van der Waals surface area (Å²) in [4.78, 5) is 35.7. The highest BCUT2D eigenvalue weighted by Crippen LogP contribution is 2.37. The summed E-state index contributed by atoms with van der Waals surface area (Å²) in [5.74, 6) is -2.71. The Morgan fingerprint density at radius 2 is 1.86 bits per heavy atom. The minimum absolute atomic E-state index is 0.101. The van der Waals surface area contributed by atoms with Gasteiger partial charge in [-0.25, -0.2) is 0 Å². The van der Waals surface area contributed by atoms with E-state index in [1.807, 2.05) is 0 Å². The second-order valence-electron chi connectivity index (χ2n) is 4.82. The third kappa shape index (κ3) is 2.65. The van der Waals surface area contributed by atoms with Crippen molar-refractivity contribution in [3.05, 3.63) is 41.2 Å². The van der Waals surface area contributed by atoms with E-state index in [0.29, 0.717) is 11.3 Å². The summed E-state index contributed by atoms with van der Waals surface area (Å²) in [6.45, 7) is 0.607. The van der Waals surface area contributed by atoms with Gasteiger partial charge in [-0.2, -0.15) is 0 Å². The zero-order valence-corrected chi connectivity index (χ0v) is 12.1. The Labute approximate surface area is 126 Å². The van der Waals surface area contributed by atoms with Gasteiger partial charge in [-0.15, -0.1) is 0 Å². The van der Waals surface area contributed by atoms with Gasteiger partial charge in [-0.3, -0.25) is 14.4 Å². The molecule has 1 aliphatic rings. The van der Waals surface area contributed by atoms with Crippen molar-refractivity contribution in [3.63, 3.8) is 0 Å². The summed E-state index contributed by atoms with van der Waals surface area (Å²) in [7, 11) is 1.50. The summed E-state index contributed by atoms with van der Waals surface area (Å²) in [5, 5.41) is 18.8. The van der Waals surface area contributed by atoms with Crippen LogP contribution in [-0.2, 0) is 14.4 Å². The number of ketones is 1. The lowest BCUT2D eigenvalue weighted by molar-refractivity contribution is -0.144. The monoisotopic (exact) mass is 305 g/mol. The van der Waals surface area contributed by atoms with Crippen LogP contribution < -0.4 is 4.74 Å². The first-order valence-electron chi connectivity index (χ1n) is 6.47. The van der Waals surface area contributed by atoms with Crippen molar-refractivity contribution >= 4 is 17.7 Å². The number of carbonyl (C=O) groups excluding carboxylic acids is 2. The van der Waals surface area contributed by atoms with Gasteiger partial charge in [0.2, 0.25) is 0 Å². The van der Waals surface area contributed by atoms with E-state index >= 15 is 0 Å². The maximum atomic E-state index is 12.0. The molecule has 2 rings (SSSR count). The average molecular weight is 305 g/mol. The zero-order valence-electron chi connectivity index (χ0n) is 12.1. The van der Waals surface area contributed by atoms with E-state index in [1.54, 1.807) is 24.3 Å². The predicted octanol–water partition coefficient (Wildman–Crippen LogP) is 1.06. The summed E-state index contributed by atoms with van der Waals surface area (Å²) < 4.78 is 5.04. The molecule has 0 radical (unpaired) electrons. The molecule has 22 heavy (non-hydrogen) atoms. The Morgan fingerprint density at radius 1 is 1.27 bits per heavy atom. The second kappa shape index (κ2) is 5.88. The second-order valence-corrected chi connectivity index (χ2v) is 4.82. The van der Waals surface area contributed by atoms with E-state index in [1.165, 1.54) is 14.0 Å². The number of methoxy groups -OCH3 is 1. The number of hydrogen-bond donors (Lipinski definition) is 2. The van der Waals surface area contributed by atoms with Crippen LogP contribution >= 0.6 is 0 Å². The van der Waals surface area contributed by atoms with Crippen LogP contribution in [0, 0.1) is 0 Å². The third-order valence-electron chi connectivity index (χ3n) is 3.42. The van der Waals surface area contributed by atoms with Gasteiger partial charge in [0.25, 0.3) is 5.91 Å². The van der Waals surface area contributed by atoms with Crippen molar-refractivity contribution in [1.29, 1.82) is 0 Å². The smallest absolute Gasteiger partial charge is 0.323 e. The first kappa shape index (κ1) is 15.6. The number of aliphatic hydroxyl groups is 1. The number of aliphatic hydroxyl groups excluding tert-OH is 1. The minimum atomic E-state index is -1.23. The van der Waals surface area contributed by atoms with Gasteiger partial charge in [-0.1, -0.05) is 12.1 Å². The van der Waals surface area contributed by atoms with Gasteiger partial charge in [0.05, 0.1) is 18.7 Å². The van der Waals surface area contributed by atoms with Gasteiger partial charge in [0.15, 0.2) is 11.5 Å². The first-order chi connectivity index (χ1) is 10.4. The molecule has 0 aromatic heterocycles. The van der Waals surface area contributed by atoms with E-state index in [9.17, 15) is 19.5 Å². The molecule has 1 aromatic rings. The zero-order chi connectivity index (χ0) is 16.4. The first-order valence-corrected chi connectivity index (χ1v) is 6.47. The molecule has 0 fully saturated rings. The third-order valence-corrected chi connectivity index (χ3v) is 3.42. The molecular formula is C15H15NO6. The van der Waals surface area contributed by atoms with Crippen LogP contribution in [0.4, 0.5) is 0 Å². The molecule has 116 valence electrons. The van der Waals surface area contributed by atoms with E-state index in [-0.39, 0.29) is 5.57 Å². The Morgan fingerprint density at radius 3 is 2.32 bits per heavy atom. The summed E-state index contributed by atoms with van der Waals surface area (Å²) in [6.07, 6.45) is 0.